The molecule has 0 spiro atoms. The normalized spacial score (nSPS) is 11.9. The Morgan fingerprint density at radius 2 is 1.76 bits per heavy atom. The molecule has 1 unspecified atom stereocenters. The van der Waals surface area contributed by atoms with Gasteiger partial charge in [0.25, 0.3) is 5.56 Å². The number of hydrogen-bond acceptors (Lipinski definition) is 5. The van der Waals surface area contributed by atoms with Crippen LogP contribution < -0.4 is 15.6 Å². The Morgan fingerprint density at radius 3 is 2.50 bits per heavy atom. The van der Waals surface area contributed by atoms with Gasteiger partial charge in [-0.2, -0.15) is 0 Å². The summed E-state index contributed by atoms with van der Waals surface area (Å²) in [6.07, 6.45) is 0. The average Bonchev–Trinajstić information content (AvgIpc) is 2.85. The van der Waals surface area contributed by atoms with Crippen LogP contribution in [0, 0.1) is 6.92 Å². The molecule has 1 amide bonds. The van der Waals surface area contributed by atoms with E-state index in [1.54, 1.807) is 17.7 Å². The van der Waals surface area contributed by atoms with Crippen molar-refractivity contribution in [3.8, 4) is 5.75 Å². The number of ether oxygens (including phenoxy) is 1. The zero-order valence-corrected chi connectivity index (χ0v) is 20.3. The first-order valence-electron chi connectivity index (χ1n) is 11.1. The number of hydrogen-bond donors (Lipinski definition) is 1. The number of para-hydroxylation sites is 1. The van der Waals surface area contributed by atoms with Crippen molar-refractivity contribution in [3.63, 3.8) is 0 Å². The molecule has 1 heterocycles. The minimum atomic E-state index is -0.127. The second-order valence-corrected chi connectivity index (χ2v) is 9.03. The van der Waals surface area contributed by atoms with Gasteiger partial charge >= 0.3 is 0 Å². The SMILES string of the molecule is COc1ccc(Cn2c(SCC(=O)NC(C)c3ccccc3C)nc3ccccc3c2=O)cc1. The summed E-state index contributed by atoms with van der Waals surface area (Å²) in [5.74, 6) is 0.796. The van der Waals surface area contributed by atoms with Crippen molar-refractivity contribution in [2.24, 2.45) is 0 Å². The van der Waals surface area contributed by atoms with Gasteiger partial charge in [0.05, 0.1) is 36.4 Å². The smallest absolute Gasteiger partial charge is 0.262 e. The fourth-order valence-electron chi connectivity index (χ4n) is 3.87. The molecular formula is C27H27N3O3S. The lowest BCUT2D eigenvalue weighted by Gasteiger charge is -2.17. The summed E-state index contributed by atoms with van der Waals surface area (Å²) in [7, 11) is 1.62. The number of nitrogens with one attached hydrogen (secondary N) is 1. The number of aryl methyl sites for hydroxylation is 1. The van der Waals surface area contributed by atoms with Crippen LogP contribution in [0.4, 0.5) is 0 Å². The van der Waals surface area contributed by atoms with Crippen molar-refractivity contribution < 1.29 is 9.53 Å². The lowest BCUT2D eigenvalue weighted by Crippen LogP contribution is -2.29. The summed E-state index contributed by atoms with van der Waals surface area (Å²) < 4.78 is 6.86. The summed E-state index contributed by atoms with van der Waals surface area (Å²) in [4.78, 5) is 30.8. The number of thioether (sulfide) groups is 1. The fourth-order valence-corrected chi connectivity index (χ4v) is 4.68. The van der Waals surface area contributed by atoms with E-state index in [-0.39, 0.29) is 23.3 Å². The minimum absolute atomic E-state index is 0.111. The van der Waals surface area contributed by atoms with Crippen molar-refractivity contribution in [2.75, 3.05) is 12.9 Å². The van der Waals surface area contributed by atoms with Crippen LogP contribution in [-0.2, 0) is 11.3 Å². The van der Waals surface area contributed by atoms with E-state index in [2.05, 4.69) is 5.32 Å². The van der Waals surface area contributed by atoms with Crippen LogP contribution in [0.5, 0.6) is 5.75 Å². The summed E-state index contributed by atoms with van der Waals surface area (Å²) in [6.45, 7) is 4.35. The predicted octanol–water partition coefficient (Wildman–Crippen LogP) is 4.73. The van der Waals surface area contributed by atoms with Gasteiger partial charge in [0, 0.05) is 0 Å². The second kappa shape index (κ2) is 10.6. The maximum absolute atomic E-state index is 13.3. The van der Waals surface area contributed by atoms with Crippen molar-refractivity contribution >= 4 is 28.6 Å². The predicted molar refractivity (Wildman–Crippen MR) is 137 cm³/mol. The van der Waals surface area contributed by atoms with Crippen LogP contribution in [0.2, 0.25) is 0 Å². The Hall–Kier alpha value is -3.58. The first-order chi connectivity index (χ1) is 16.5. The highest BCUT2D eigenvalue weighted by molar-refractivity contribution is 7.99. The van der Waals surface area contributed by atoms with Gasteiger partial charge in [0.2, 0.25) is 5.91 Å². The van der Waals surface area contributed by atoms with Crippen LogP contribution in [-0.4, -0.2) is 28.3 Å². The number of methoxy groups -OCH3 is 1. The van der Waals surface area contributed by atoms with Crippen LogP contribution in [0.3, 0.4) is 0 Å². The first-order valence-corrected chi connectivity index (χ1v) is 12.0. The number of nitrogens with zero attached hydrogens (tertiary/aromatic N) is 2. The van der Waals surface area contributed by atoms with Crippen molar-refractivity contribution in [2.45, 2.75) is 31.6 Å². The maximum atomic E-state index is 13.3. The molecule has 7 heteroatoms. The van der Waals surface area contributed by atoms with Gasteiger partial charge in [0.15, 0.2) is 5.16 Å². The van der Waals surface area contributed by atoms with Gasteiger partial charge in [-0.3, -0.25) is 14.2 Å². The lowest BCUT2D eigenvalue weighted by molar-refractivity contribution is -0.119. The Balaban J connectivity index is 1.56. The molecule has 4 aromatic rings. The molecule has 174 valence electrons. The number of carbonyl (C=O) groups excluding carboxylic acids is 1. The molecule has 6 nitrogen and oxygen atoms in total. The third kappa shape index (κ3) is 5.31. The largest absolute Gasteiger partial charge is 0.497 e. The van der Waals surface area contributed by atoms with E-state index >= 15 is 0 Å². The van der Waals surface area contributed by atoms with E-state index < -0.39 is 0 Å². The van der Waals surface area contributed by atoms with Gasteiger partial charge in [-0.25, -0.2) is 4.98 Å². The monoisotopic (exact) mass is 473 g/mol. The van der Waals surface area contributed by atoms with Crippen molar-refractivity contribution in [1.82, 2.24) is 14.9 Å². The number of benzene rings is 3. The van der Waals surface area contributed by atoms with Gasteiger partial charge in [0.1, 0.15) is 5.75 Å². The van der Waals surface area contributed by atoms with Crippen LogP contribution >= 0.6 is 11.8 Å². The van der Waals surface area contributed by atoms with Crippen molar-refractivity contribution in [3.05, 3.63) is 99.8 Å². The molecular weight excluding hydrogens is 446 g/mol. The quantitative estimate of drug-likeness (QED) is 0.296. The zero-order valence-electron chi connectivity index (χ0n) is 19.4. The molecule has 4 rings (SSSR count). The Bertz CT molecular complexity index is 1370. The average molecular weight is 474 g/mol. The molecule has 0 saturated carbocycles. The van der Waals surface area contributed by atoms with Gasteiger partial charge < -0.3 is 10.1 Å². The zero-order chi connectivity index (χ0) is 24.1. The molecule has 34 heavy (non-hydrogen) atoms. The molecule has 0 aliphatic rings. The third-order valence-corrected chi connectivity index (χ3v) is 6.67. The fraction of sp³-hybridized carbons (Fsp3) is 0.222. The van der Waals surface area contributed by atoms with Gasteiger partial charge in [-0.15, -0.1) is 0 Å². The molecule has 1 aromatic heterocycles. The summed E-state index contributed by atoms with van der Waals surface area (Å²) >= 11 is 1.27. The topological polar surface area (TPSA) is 73.2 Å². The highest BCUT2D eigenvalue weighted by Gasteiger charge is 2.16. The molecule has 0 aliphatic carbocycles. The van der Waals surface area contributed by atoms with E-state index in [0.29, 0.717) is 22.6 Å². The molecule has 0 fully saturated rings. The Kier molecular flexibility index (Phi) is 7.33. The van der Waals surface area contributed by atoms with Crippen LogP contribution in [0.25, 0.3) is 10.9 Å². The minimum Gasteiger partial charge on any atom is -0.497 e. The maximum Gasteiger partial charge on any atom is 0.262 e. The van der Waals surface area contributed by atoms with E-state index in [9.17, 15) is 9.59 Å². The lowest BCUT2D eigenvalue weighted by atomic mass is 10.0. The Morgan fingerprint density at radius 1 is 1.06 bits per heavy atom. The molecule has 0 aliphatic heterocycles. The number of aromatic nitrogens is 2. The van der Waals surface area contributed by atoms with Crippen LogP contribution in [0.1, 0.15) is 29.7 Å². The highest BCUT2D eigenvalue weighted by atomic mass is 32.2. The van der Waals surface area contributed by atoms with E-state index in [0.717, 1.165) is 22.4 Å². The van der Waals surface area contributed by atoms with Crippen molar-refractivity contribution in [1.29, 1.82) is 0 Å². The molecule has 0 saturated heterocycles. The summed E-state index contributed by atoms with van der Waals surface area (Å²) in [5.41, 5.74) is 3.65. The highest BCUT2D eigenvalue weighted by Crippen LogP contribution is 2.21. The van der Waals surface area contributed by atoms with Gasteiger partial charge in [-0.05, 0) is 54.8 Å². The molecule has 1 N–H and O–H groups in total. The Labute approximate surface area is 203 Å². The third-order valence-electron chi connectivity index (χ3n) is 5.69. The second-order valence-electron chi connectivity index (χ2n) is 8.09. The number of carbonyl (C=O) groups is 1. The molecule has 0 bridgehead atoms. The first kappa shape index (κ1) is 23.6. The molecule has 1 atom stereocenters. The molecule has 0 radical (unpaired) electrons. The number of rotatable bonds is 8. The standard InChI is InChI=1S/C27H27N3O3S/c1-18-8-4-5-9-22(18)19(2)28-25(31)17-34-27-29-24-11-7-6-10-23(24)26(32)30(27)16-20-12-14-21(33-3)15-13-20/h4-15,19H,16-17H2,1-3H3,(H,28,31). The van der Waals surface area contributed by atoms with E-state index in [1.165, 1.54) is 11.8 Å². The van der Waals surface area contributed by atoms with Gasteiger partial charge in [-0.1, -0.05) is 60.3 Å². The number of amides is 1. The summed E-state index contributed by atoms with van der Waals surface area (Å²) in [5, 5.41) is 4.12. The molecule has 3 aromatic carbocycles. The van der Waals surface area contributed by atoms with E-state index in [4.69, 9.17) is 9.72 Å². The number of fused-ring (bicyclic) bond motifs is 1. The van der Waals surface area contributed by atoms with Crippen LogP contribution in [0.15, 0.2) is 82.7 Å². The van der Waals surface area contributed by atoms with E-state index in [1.807, 2.05) is 80.6 Å². The summed E-state index contributed by atoms with van der Waals surface area (Å²) in [6, 6.07) is 22.7.